The number of rotatable bonds is 9. The Hall–Kier alpha value is -6.00. The van der Waals surface area contributed by atoms with Gasteiger partial charge in [0.25, 0.3) is 0 Å². The molecule has 3 aromatic carbocycles. The maximum Gasteiger partial charge on any atom is 0.227 e. The summed E-state index contributed by atoms with van der Waals surface area (Å²) in [7, 11) is -6.62. The van der Waals surface area contributed by atoms with Crippen molar-refractivity contribution in [1.29, 1.82) is 0 Å². The highest BCUT2D eigenvalue weighted by atomic mass is 35.5. The summed E-state index contributed by atoms with van der Waals surface area (Å²) in [5.41, 5.74) is 8.95. The number of nitrogens with one attached hydrogen (secondary N) is 1. The van der Waals surface area contributed by atoms with E-state index in [-0.39, 0.29) is 41.4 Å². The molecule has 0 saturated carbocycles. The fourth-order valence-electron chi connectivity index (χ4n) is 10.8. The lowest BCUT2D eigenvalue weighted by Crippen LogP contribution is -2.31. The molecule has 4 atom stereocenters. The van der Waals surface area contributed by atoms with Crippen molar-refractivity contribution in [2.75, 3.05) is 43.6 Å². The topological polar surface area (TPSA) is 212 Å². The van der Waals surface area contributed by atoms with Gasteiger partial charge < -0.3 is 28.4 Å². The molecule has 0 radical (unpaired) electrons. The summed E-state index contributed by atoms with van der Waals surface area (Å²) >= 11 is 6.15. The van der Waals surface area contributed by atoms with Gasteiger partial charge in [-0.2, -0.15) is 0 Å². The van der Waals surface area contributed by atoms with Crippen molar-refractivity contribution < 1.29 is 39.9 Å². The van der Waals surface area contributed by atoms with E-state index in [1.165, 1.54) is 33.3 Å². The Morgan fingerprint density at radius 1 is 0.686 bits per heavy atom. The first kappa shape index (κ1) is 47.7. The van der Waals surface area contributed by atoms with Gasteiger partial charge in [0.2, 0.25) is 31.9 Å². The van der Waals surface area contributed by atoms with Gasteiger partial charge in [-0.05, 0) is 107 Å². The number of sulfonamides is 2. The van der Waals surface area contributed by atoms with Gasteiger partial charge in [0.15, 0.2) is 0 Å². The maximum absolute atomic E-state index is 14.3. The first-order valence-corrected chi connectivity index (χ1v) is 27.2. The highest BCUT2D eigenvalue weighted by molar-refractivity contribution is 7.88. The van der Waals surface area contributed by atoms with Crippen LogP contribution in [0.15, 0.2) is 63.6 Å². The van der Waals surface area contributed by atoms with Crippen molar-refractivity contribution >= 4 is 71.2 Å². The Bertz CT molecular complexity index is 3420. The Labute approximate surface area is 408 Å². The van der Waals surface area contributed by atoms with Crippen molar-refractivity contribution in [3.63, 3.8) is 0 Å². The molecule has 368 valence electrons. The maximum atomic E-state index is 14.3. The van der Waals surface area contributed by atoms with Gasteiger partial charge in [-0.3, -0.25) is 9.59 Å². The van der Waals surface area contributed by atoms with E-state index in [9.17, 15) is 30.8 Å². The summed E-state index contributed by atoms with van der Waals surface area (Å²) in [6.45, 7) is 9.11. The van der Waals surface area contributed by atoms with Crippen LogP contribution in [0.25, 0.3) is 44.3 Å². The molecule has 7 aromatic rings. The average molecular weight is 1020 g/mol. The normalized spacial score (nSPS) is 21.4. The summed E-state index contributed by atoms with van der Waals surface area (Å²) in [6, 6.07) is 15.2. The van der Waals surface area contributed by atoms with Crippen molar-refractivity contribution in [1.82, 2.24) is 43.3 Å². The molecule has 2 amide bonds. The second-order valence-electron chi connectivity index (χ2n) is 18.7. The van der Waals surface area contributed by atoms with Crippen LogP contribution in [0, 0.1) is 33.5 Å². The van der Waals surface area contributed by atoms with E-state index in [2.05, 4.69) is 24.8 Å². The van der Waals surface area contributed by atoms with E-state index in [1.807, 2.05) is 64.1 Å². The fourth-order valence-corrected chi connectivity index (χ4v) is 12.7. The lowest BCUT2D eigenvalue weighted by atomic mass is 10.0. The molecule has 1 N–H and O–H groups in total. The van der Waals surface area contributed by atoms with Crippen LogP contribution in [0.4, 0.5) is 10.1 Å². The first-order chi connectivity index (χ1) is 33.2. The van der Waals surface area contributed by atoms with Crippen LogP contribution in [0.2, 0.25) is 5.02 Å². The van der Waals surface area contributed by atoms with Crippen molar-refractivity contribution in [3.05, 3.63) is 100.0 Å². The third kappa shape index (κ3) is 8.79. The number of benzene rings is 3. The minimum atomic E-state index is -3.37. The van der Waals surface area contributed by atoms with Crippen LogP contribution in [0.1, 0.15) is 97.2 Å². The molecule has 8 heterocycles. The fraction of sp³-hybridized carbons (Fsp3) is 0.417. The van der Waals surface area contributed by atoms with Crippen LogP contribution < -0.4 is 10.2 Å². The number of amides is 2. The number of aryl methyl sites for hydroxylation is 4. The molecule has 4 saturated heterocycles. The SMILES string of the molecule is Cc1noc(C)c1-c1ccc2c(c1)nc([C@H]1CCC(=O)N1)n2[C@@H]1CCN(S(C)(=O)=O)C1.Cc1noc(C)c1-c1ccc2c(c1)nc([C@H]1CCC(=O)N1c1cc(F)cc(Cl)c1)n2[C@@H]1CCN(S(C)(=O)=O)C1. The number of carbonyl (C=O) groups is 2. The highest BCUT2D eigenvalue weighted by Crippen LogP contribution is 2.43. The first-order valence-electron chi connectivity index (χ1n) is 23.1. The van der Waals surface area contributed by atoms with Crippen LogP contribution in [0.3, 0.4) is 0 Å². The number of imidazole rings is 2. The van der Waals surface area contributed by atoms with Crippen LogP contribution >= 0.6 is 11.6 Å². The number of carbonyl (C=O) groups excluding carboxylic acids is 2. The van der Waals surface area contributed by atoms with Gasteiger partial charge in [0.1, 0.15) is 29.0 Å². The predicted octanol–water partition coefficient (Wildman–Crippen LogP) is 7.64. The molecule has 70 heavy (non-hydrogen) atoms. The molecule has 4 aliphatic heterocycles. The summed E-state index contributed by atoms with van der Waals surface area (Å²) < 4.78 is 81.0. The highest BCUT2D eigenvalue weighted by Gasteiger charge is 2.41. The number of hydrogen-bond donors (Lipinski definition) is 1. The van der Waals surface area contributed by atoms with Crippen molar-refractivity contribution in [2.45, 2.75) is 90.4 Å². The lowest BCUT2D eigenvalue weighted by molar-refractivity contribution is -0.119. The van der Waals surface area contributed by atoms with Crippen LogP contribution in [-0.2, 0) is 29.6 Å². The molecule has 11 rings (SSSR count). The summed E-state index contributed by atoms with van der Waals surface area (Å²) in [5, 5.41) is 11.3. The van der Waals surface area contributed by atoms with E-state index in [4.69, 9.17) is 30.6 Å². The predicted molar refractivity (Wildman–Crippen MR) is 261 cm³/mol. The van der Waals surface area contributed by atoms with Gasteiger partial charge >= 0.3 is 0 Å². The quantitative estimate of drug-likeness (QED) is 0.148. The van der Waals surface area contributed by atoms with Crippen LogP contribution in [0.5, 0.6) is 0 Å². The van der Waals surface area contributed by atoms with Gasteiger partial charge in [-0.1, -0.05) is 34.0 Å². The Morgan fingerprint density at radius 3 is 1.67 bits per heavy atom. The third-order valence-corrected chi connectivity index (χ3v) is 16.7. The largest absolute Gasteiger partial charge is 0.361 e. The van der Waals surface area contributed by atoms with Crippen molar-refractivity contribution in [3.8, 4) is 22.3 Å². The van der Waals surface area contributed by atoms with Gasteiger partial charge in [-0.25, -0.2) is 39.8 Å². The second-order valence-corrected chi connectivity index (χ2v) is 23.1. The molecule has 22 heteroatoms. The molecule has 4 fully saturated rings. The van der Waals surface area contributed by atoms with Gasteiger partial charge in [0.05, 0.1) is 70.1 Å². The monoisotopic (exact) mass is 1010 g/mol. The van der Waals surface area contributed by atoms with E-state index >= 15 is 0 Å². The molecule has 0 spiro atoms. The zero-order valence-electron chi connectivity index (χ0n) is 39.4. The lowest BCUT2D eigenvalue weighted by Gasteiger charge is -2.27. The molecule has 4 aromatic heterocycles. The molecule has 0 aliphatic carbocycles. The summed E-state index contributed by atoms with van der Waals surface area (Å²) in [6.07, 6.45) is 5.67. The number of hydrogen-bond acceptors (Lipinski definition) is 12. The molecular formula is C48H52ClFN10O8S2. The Kier molecular flexibility index (Phi) is 12.3. The van der Waals surface area contributed by atoms with E-state index < -0.39 is 31.9 Å². The number of anilines is 1. The molecule has 0 unspecified atom stereocenters. The molecule has 0 bridgehead atoms. The van der Waals surface area contributed by atoms with E-state index in [0.717, 1.165) is 61.8 Å². The zero-order valence-corrected chi connectivity index (χ0v) is 41.8. The minimum Gasteiger partial charge on any atom is -0.361 e. The second kappa shape index (κ2) is 18.0. The third-order valence-electron chi connectivity index (χ3n) is 13.9. The molecule has 18 nitrogen and oxygen atoms in total. The summed E-state index contributed by atoms with van der Waals surface area (Å²) in [4.78, 5) is 36.5. The zero-order chi connectivity index (χ0) is 49.6. The number of nitrogens with zero attached hydrogens (tertiary/aromatic N) is 9. The van der Waals surface area contributed by atoms with Gasteiger partial charge in [-0.15, -0.1) is 0 Å². The standard InChI is InChI=1S/C27H27ClFN5O4S.C21H25N5O4S/c1-15-26(16(2)38-31-15)17-4-5-23-22(10-17)30-27(34(23)20-8-9-32(14-20)39(3,36)37)24-6-7-25(35)33(24)21-12-18(28)11-19(29)13-21;1-12-20(13(2)30-24-12)14-4-6-18-17(10-14)23-21(16-5-7-19(27)22-16)26(18)15-8-9-25(11-15)31(3,28)29/h4-5,10-13,20,24H,6-9,14H2,1-3H3;4,6,10,15-16H,5,7-9,11H2,1-3H3,(H,22,27)/t20-,24-;15-,16-/m11/s1. The van der Waals surface area contributed by atoms with E-state index in [0.29, 0.717) is 81.1 Å². The number of halogens is 2. The van der Waals surface area contributed by atoms with E-state index in [1.54, 1.807) is 11.0 Å². The summed E-state index contributed by atoms with van der Waals surface area (Å²) in [5.74, 6) is 2.20. The number of aromatic nitrogens is 6. The Morgan fingerprint density at radius 2 is 1.21 bits per heavy atom. The van der Waals surface area contributed by atoms with Crippen LogP contribution in [-0.4, -0.2) is 105 Å². The molecular weight excluding hydrogens is 963 g/mol. The van der Waals surface area contributed by atoms with Gasteiger partial charge in [0, 0.05) is 60.9 Å². The minimum absolute atomic E-state index is 0.0178. The Balaban J connectivity index is 0.000000166. The van der Waals surface area contributed by atoms with Crippen molar-refractivity contribution in [2.24, 2.45) is 0 Å². The number of fused-ring (bicyclic) bond motifs is 2. The molecule has 4 aliphatic rings. The smallest absolute Gasteiger partial charge is 0.227 e. The average Bonchev–Trinajstić information content (AvgIpc) is 4.15.